The summed E-state index contributed by atoms with van der Waals surface area (Å²) in [5, 5.41) is 7.71. The molecule has 152 valence electrons. The second-order valence-corrected chi connectivity index (χ2v) is 7.76. The topological polar surface area (TPSA) is 55.8 Å². The van der Waals surface area contributed by atoms with E-state index in [-0.39, 0.29) is 24.0 Å². The predicted octanol–water partition coefficient (Wildman–Crippen LogP) is 2.83. The van der Waals surface area contributed by atoms with Crippen LogP contribution in [0.2, 0.25) is 5.02 Å². The van der Waals surface area contributed by atoms with Gasteiger partial charge < -0.3 is 20.4 Å². The van der Waals surface area contributed by atoms with Gasteiger partial charge in [0.05, 0.1) is 5.02 Å². The average Bonchev–Trinajstić information content (AvgIpc) is 3.10. The highest BCUT2D eigenvalue weighted by Gasteiger charge is 2.25. The third-order valence-corrected chi connectivity index (χ3v) is 5.55. The normalized spacial score (nSPS) is 21.8. The lowest BCUT2D eigenvalue weighted by Gasteiger charge is -2.28. The fourth-order valence-electron chi connectivity index (χ4n) is 3.66. The van der Waals surface area contributed by atoms with E-state index in [1.165, 1.54) is 25.9 Å². The Morgan fingerprint density at radius 2 is 2.07 bits per heavy atom. The highest BCUT2D eigenvalue weighted by molar-refractivity contribution is 14.0. The molecule has 6 nitrogen and oxygen atoms in total. The molecule has 1 atom stereocenters. The van der Waals surface area contributed by atoms with E-state index in [0.717, 1.165) is 49.4 Å². The van der Waals surface area contributed by atoms with Crippen molar-refractivity contribution < 1.29 is 0 Å². The van der Waals surface area contributed by atoms with Gasteiger partial charge in [0.15, 0.2) is 5.96 Å². The highest BCUT2D eigenvalue weighted by atomic mass is 127. The molecule has 0 radical (unpaired) electrons. The molecule has 2 fully saturated rings. The lowest BCUT2D eigenvalue weighted by atomic mass is 9.97. The number of hydrogen-bond acceptors (Lipinski definition) is 4. The molecule has 0 bridgehead atoms. The number of aliphatic imine (C=N–C) groups is 1. The number of guanidine groups is 1. The number of anilines is 1. The monoisotopic (exact) mass is 506 g/mol. The van der Waals surface area contributed by atoms with E-state index in [1.54, 1.807) is 6.20 Å². The van der Waals surface area contributed by atoms with Crippen molar-refractivity contribution in [2.75, 3.05) is 51.2 Å². The van der Waals surface area contributed by atoms with Crippen LogP contribution in [-0.4, -0.2) is 68.2 Å². The van der Waals surface area contributed by atoms with Gasteiger partial charge in [-0.3, -0.25) is 4.99 Å². The fraction of sp³-hybridized carbons (Fsp3) is 0.684. The Kier molecular flexibility index (Phi) is 9.38. The summed E-state index contributed by atoms with van der Waals surface area (Å²) in [5.74, 6) is 2.52. The van der Waals surface area contributed by atoms with Crippen molar-refractivity contribution in [2.45, 2.75) is 32.2 Å². The minimum absolute atomic E-state index is 0. The van der Waals surface area contributed by atoms with Crippen molar-refractivity contribution in [2.24, 2.45) is 10.9 Å². The molecule has 3 heterocycles. The number of aromatic nitrogens is 1. The summed E-state index contributed by atoms with van der Waals surface area (Å²) < 4.78 is 0. The SMILES string of the molecule is CCNC(=NCC1CCN(C)CC1)NC1CCN(c2ncccc2Cl)C1.I. The van der Waals surface area contributed by atoms with Gasteiger partial charge in [0.1, 0.15) is 5.82 Å². The van der Waals surface area contributed by atoms with E-state index in [4.69, 9.17) is 16.6 Å². The van der Waals surface area contributed by atoms with Crippen LogP contribution in [0.4, 0.5) is 5.82 Å². The van der Waals surface area contributed by atoms with E-state index >= 15 is 0 Å². The summed E-state index contributed by atoms with van der Waals surface area (Å²) >= 11 is 6.29. The maximum Gasteiger partial charge on any atom is 0.191 e. The Hall–Kier alpha value is -0.800. The van der Waals surface area contributed by atoms with Gasteiger partial charge in [-0.2, -0.15) is 0 Å². The predicted molar refractivity (Wildman–Crippen MR) is 125 cm³/mol. The molecule has 0 amide bonds. The zero-order valence-corrected chi connectivity index (χ0v) is 19.4. The van der Waals surface area contributed by atoms with Crippen molar-refractivity contribution in [3.05, 3.63) is 23.4 Å². The highest BCUT2D eigenvalue weighted by Crippen LogP contribution is 2.25. The van der Waals surface area contributed by atoms with Crippen molar-refractivity contribution in [1.29, 1.82) is 0 Å². The maximum absolute atomic E-state index is 6.29. The van der Waals surface area contributed by atoms with Crippen LogP contribution in [0.25, 0.3) is 0 Å². The Morgan fingerprint density at radius 1 is 1.30 bits per heavy atom. The number of pyridine rings is 1. The summed E-state index contributed by atoms with van der Waals surface area (Å²) in [6.07, 6.45) is 5.35. The Labute approximate surface area is 185 Å². The average molecular weight is 507 g/mol. The third-order valence-electron chi connectivity index (χ3n) is 5.26. The number of nitrogens with zero attached hydrogens (tertiary/aromatic N) is 4. The van der Waals surface area contributed by atoms with E-state index in [1.807, 2.05) is 12.1 Å². The third kappa shape index (κ3) is 6.64. The van der Waals surface area contributed by atoms with Crippen LogP contribution in [0.15, 0.2) is 23.3 Å². The maximum atomic E-state index is 6.29. The first-order valence-electron chi connectivity index (χ1n) is 9.74. The molecule has 2 aliphatic rings. The summed E-state index contributed by atoms with van der Waals surface area (Å²) in [4.78, 5) is 13.9. The molecule has 8 heteroatoms. The molecular weight excluding hydrogens is 475 g/mol. The van der Waals surface area contributed by atoms with Crippen LogP contribution in [-0.2, 0) is 0 Å². The van der Waals surface area contributed by atoms with E-state index in [9.17, 15) is 0 Å². The zero-order chi connectivity index (χ0) is 18.4. The Bertz CT molecular complexity index is 606. The minimum atomic E-state index is 0. The molecule has 0 aliphatic carbocycles. The molecule has 1 aromatic rings. The van der Waals surface area contributed by atoms with Gasteiger partial charge in [0.2, 0.25) is 0 Å². The lowest BCUT2D eigenvalue weighted by molar-refractivity contribution is 0.223. The van der Waals surface area contributed by atoms with Crippen LogP contribution >= 0.6 is 35.6 Å². The first kappa shape index (κ1) is 22.5. The van der Waals surface area contributed by atoms with Gasteiger partial charge >= 0.3 is 0 Å². The Balaban J connectivity index is 0.00000261. The van der Waals surface area contributed by atoms with Gasteiger partial charge in [-0.1, -0.05) is 11.6 Å². The molecule has 1 unspecified atom stereocenters. The fourth-order valence-corrected chi connectivity index (χ4v) is 3.90. The van der Waals surface area contributed by atoms with Crippen molar-refractivity contribution in [1.82, 2.24) is 20.5 Å². The van der Waals surface area contributed by atoms with Gasteiger partial charge in [-0.25, -0.2) is 4.98 Å². The standard InChI is InChI=1S/C19H31ClN6.HI/c1-3-21-19(23-13-15-6-10-25(2)11-7-15)24-16-8-12-26(14-16)18-17(20)5-4-9-22-18;/h4-5,9,15-16H,3,6-8,10-14H2,1-2H3,(H2,21,23,24);1H. The zero-order valence-electron chi connectivity index (χ0n) is 16.3. The number of nitrogens with one attached hydrogen (secondary N) is 2. The minimum Gasteiger partial charge on any atom is -0.357 e. The van der Waals surface area contributed by atoms with Gasteiger partial charge in [-0.15, -0.1) is 24.0 Å². The molecule has 2 aliphatic heterocycles. The van der Waals surface area contributed by atoms with Crippen LogP contribution in [0, 0.1) is 5.92 Å². The van der Waals surface area contributed by atoms with Gasteiger partial charge in [-0.05, 0) is 64.4 Å². The summed E-state index contributed by atoms with van der Waals surface area (Å²) in [6, 6.07) is 4.14. The summed E-state index contributed by atoms with van der Waals surface area (Å²) in [7, 11) is 2.20. The van der Waals surface area contributed by atoms with Crippen LogP contribution in [0.1, 0.15) is 26.2 Å². The molecule has 2 N–H and O–H groups in total. The Morgan fingerprint density at radius 3 is 2.78 bits per heavy atom. The first-order valence-corrected chi connectivity index (χ1v) is 10.1. The number of halogens is 2. The van der Waals surface area contributed by atoms with Crippen molar-refractivity contribution in [3.63, 3.8) is 0 Å². The molecule has 3 rings (SSSR count). The van der Waals surface area contributed by atoms with E-state index in [2.05, 4.69) is 39.4 Å². The van der Waals surface area contributed by atoms with Gasteiger partial charge in [0.25, 0.3) is 0 Å². The molecule has 0 spiro atoms. The van der Waals surface area contributed by atoms with Crippen molar-refractivity contribution in [3.8, 4) is 0 Å². The molecule has 0 saturated carbocycles. The van der Waals surface area contributed by atoms with E-state index < -0.39 is 0 Å². The van der Waals surface area contributed by atoms with Gasteiger partial charge in [0, 0.05) is 38.4 Å². The second kappa shape index (κ2) is 11.3. The largest absolute Gasteiger partial charge is 0.357 e. The second-order valence-electron chi connectivity index (χ2n) is 7.35. The number of rotatable bonds is 5. The molecule has 0 aromatic carbocycles. The van der Waals surface area contributed by atoms with Crippen LogP contribution in [0.5, 0.6) is 0 Å². The summed E-state index contributed by atoms with van der Waals surface area (Å²) in [6.45, 7) is 8.13. The number of likely N-dealkylation sites (tertiary alicyclic amines) is 1. The van der Waals surface area contributed by atoms with Crippen LogP contribution in [0.3, 0.4) is 0 Å². The molecular formula is C19H32ClIN6. The first-order chi connectivity index (χ1) is 12.7. The quantitative estimate of drug-likeness (QED) is 0.365. The number of hydrogen-bond donors (Lipinski definition) is 2. The van der Waals surface area contributed by atoms with Crippen molar-refractivity contribution >= 4 is 47.4 Å². The molecule has 1 aromatic heterocycles. The molecule has 27 heavy (non-hydrogen) atoms. The van der Waals surface area contributed by atoms with Crippen LogP contribution < -0.4 is 15.5 Å². The lowest BCUT2D eigenvalue weighted by Crippen LogP contribution is -2.45. The van der Waals surface area contributed by atoms with E-state index in [0.29, 0.717) is 12.0 Å². The summed E-state index contributed by atoms with van der Waals surface area (Å²) in [5.41, 5.74) is 0. The smallest absolute Gasteiger partial charge is 0.191 e. The molecule has 2 saturated heterocycles. The number of piperidine rings is 1.